The molecule has 24 heavy (non-hydrogen) atoms. The lowest BCUT2D eigenvalue weighted by Gasteiger charge is -2.31. The van der Waals surface area contributed by atoms with Crippen LogP contribution in [0.4, 0.5) is 0 Å². The molecule has 2 aromatic rings. The summed E-state index contributed by atoms with van der Waals surface area (Å²) in [6, 6.07) is 0. The molecule has 0 aromatic carbocycles. The van der Waals surface area contributed by atoms with Gasteiger partial charge in [-0.15, -0.1) is 0 Å². The lowest BCUT2D eigenvalue weighted by molar-refractivity contribution is -0.0906. The monoisotopic (exact) mass is 332 g/mol. The minimum absolute atomic E-state index is 0.170. The molecule has 2 aliphatic heterocycles. The van der Waals surface area contributed by atoms with Crippen LogP contribution in [0.2, 0.25) is 0 Å². The Morgan fingerprint density at radius 3 is 3.17 bits per heavy atom. The van der Waals surface area contributed by atoms with Gasteiger partial charge in [0.2, 0.25) is 0 Å². The first-order chi connectivity index (χ1) is 11.7. The summed E-state index contributed by atoms with van der Waals surface area (Å²) in [5, 5.41) is 4.18. The number of aromatic nitrogens is 5. The number of imidazole rings is 1. The van der Waals surface area contributed by atoms with Crippen LogP contribution in [0, 0.1) is 0 Å². The molecular formula is C16H24N6O2. The van der Waals surface area contributed by atoms with Crippen molar-refractivity contribution in [3.63, 3.8) is 0 Å². The second-order valence-corrected chi connectivity index (χ2v) is 6.80. The molecule has 0 bridgehead atoms. The zero-order chi connectivity index (χ0) is 16.4. The molecule has 0 N–H and O–H groups in total. The summed E-state index contributed by atoms with van der Waals surface area (Å²) >= 11 is 0. The first-order valence-corrected chi connectivity index (χ1v) is 8.49. The summed E-state index contributed by atoms with van der Waals surface area (Å²) < 4.78 is 16.2. The van der Waals surface area contributed by atoms with Gasteiger partial charge in [-0.2, -0.15) is 5.10 Å². The highest BCUT2D eigenvalue weighted by atomic mass is 16.6. The van der Waals surface area contributed by atoms with Gasteiger partial charge in [-0.1, -0.05) is 0 Å². The SMILES string of the molecule is Cn1ccnc1CN1CCOC[C@@]2(CC[C@H](Cn3cncn3)O2)C1. The van der Waals surface area contributed by atoms with E-state index in [0.29, 0.717) is 6.61 Å². The predicted octanol–water partition coefficient (Wildman–Crippen LogP) is 0.462. The van der Waals surface area contributed by atoms with Crippen molar-refractivity contribution in [2.45, 2.75) is 37.6 Å². The van der Waals surface area contributed by atoms with Crippen LogP contribution >= 0.6 is 0 Å². The topological polar surface area (TPSA) is 70.2 Å². The Morgan fingerprint density at radius 1 is 1.42 bits per heavy atom. The Balaban J connectivity index is 1.41. The van der Waals surface area contributed by atoms with E-state index in [0.717, 1.165) is 51.5 Å². The molecule has 2 fully saturated rings. The molecule has 8 nitrogen and oxygen atoms in total. The van der Waals surface area contributed by atoms with Crippen LogP contribution in [-0.4, -0.2) is 67.2 Å². The average Bonchev–Trinajstić information content (AvgIpc) is 3.26. The Morgan fingerprint density at radius 2 is 2.38 bits per heavy atom. The fourth-order valence-corrected chi connectivity index (χ4v) is 3.65. The highest BCUT2D eigenvalue weighted by molar-refractivity contribution is 4.96. The van der Waals surface area contributed by atoms with Crippen molar-refractivity contribution in [3.05, 3.63) is 30.9 Å². The van der Waals surface area contributed by atoms with Crippen LogP contribution in [0.15, 0.2) is 25.0 Å². The standard InChI is InChI=1S/C16H24N6O2/c1-20-5-4-18-15(20)9-21-6-7-23-11-16(10-21)3-2-14(24-16)8-22-13-17-12-19-22/h4-5,12-14H,2-3,6-11H2,1H3/t14-,16-/m1/s1. The van der Waals surface area contributed by atoms with E-state index in [1.165, 1.54) is 0 Å². The first-order valence-electron chi connectivity index (χ1n) is 8.49. The summed E-state index contributed by atoms with van der Waals surface area (Å²) in [7, 11) is 2.03. The van der Waals surface area contributed by atoms with Crippen molar-refractivity contribution < 1.29 is 9.47 Å². The summed E-state index contributed by atoms with van der Waals surface area (Å²) in [6.45, 7) is 4.77. The molecule has 0 aliphatic carbocycles. The molecule has 2 saturated heterocycles. The van der Waals surface area contributed by atoms with Gasteiger partial charge in [0.25, 0.3) is 0 Å². The molecule has 2 atom stereocenters. The first kappa shape index (κ1) is 15.7. The lowest BCUT2D eigenvalue weighted by Crippen LogP contribution is -2.44. The summed E-state index contributed by atoms with van der Waals surface area (Å²) in [4.78, 5) is 10.8. The van der Waals surface area contributed by atoms with E-state index in [-0.39, 0.29) is 11.7 Å². The molecule has 0 amide bonds. The number of rotatable bonds is 4. The second kappa shape index (κ2) is 6.62. The molecule has 0 unspecified atom stereocenters. The van der Waals surface area contributed by atoms with E-state index in [9.17, 15) is 0 Å². The molecule has 8 heteroatoms. The van der Waals surface area contributed by atoms with Crippen molar-refractivity contribution in [1.29, 1.82) is 0 Å². The van der Waals surface area contributed by atoms with Crippen LogP contribution in [0.5, 0.6) is 0 Å². The number of hydrogen-bond acceptors (Lipinski definition) is 6. The minimum atomic E-state index is -0.215. The van der Waals surface area contributed by atoms with Gasteiger partial charge in [0, 0.05) is 32.5 Å². The van der Waals surface area contributed by atoms with E-state index in [1.54, 1.807) is 12.7 Å². The fourth-order valence-electron chi connectivity index (χ4n) is 3.65. The van der Waals surface area contributed by atoms with Gasteiger partial charge >= 0.3 is 0 Å². The molecule has 4 heterocycles. The quantitative estimate of drug-likeness (QED) is 0.810. The highest BCUT2D eigenvalue weighted by Crippen LogP contribution is 2.33. The minimum Gasteiger partial charge on any atom is -0.377 e. The number of ether oxygens (including phenoxy) is 2. The van der Waals surface area contributed by atoms with E-state index in [1.807, 2.05) is 24.1 Å². The van der Waals surface area contributed by atoms with Crippen molar-refractivity contribution >= 4 is 0 Å². The van der Waals surface area contributed by atoms with E-state index in [4.69, 9.17) is 9.47 Å². The van der Waals surface area contributed by atoms with E-state index >= 15 is 0 Å². The lowest BCUT2D eigenvalue weighted by atomic mass is 10.00. The van der Waals surface area contributed by atoms with E-state index in [2.05, 4.69) is 24.5 Å². The molecule has 0 radical (unpaired) electrons. The van der Waals surface area contributed by atoms with Gasteiger partial charge in [0.1, 0.15) is 24.1 Å². The van der Waals surface area contributed by atoms with Gasteiger partial charge in [0.15, 0.2) is 0 Å². The number of aryl methyl sites for hydroxylation is 1. The maximum Gasteiger partial charge on any atom is 0.137 e. The van der Waals surface area contributed by atoms with Crippen molar-refractivity contribution in [2.24, 2.45) is 7.05 Å². The van der Waals surface area contributed by atoms with Gasteiger partial charge < -0.3 is 14.0 Å². The smallest absolute Gasteiger partial charge is 0.137 e. The normalized spacial score (nSPS) is 28.5. The van der Waals surface area contributed by atoms with Crippen molar-refractivity contribution in [1.82, 2.24) is 29.2 Å². The fraction of sp³-hybridized carbons (Fsp3) is 0.688. The van der Waals surface area contributed by atoms with Gasteiger partial charge in [-0.3, -0.25) is 9.58 Å². The molecule has 1 spiro atoms. The maximum atomic E-state index is 6.44. The Bertz CT molecular complexity index is 657. The number of hydrogen-bond donors (Lipinski definition) is 0. The van der Waals surface area contributed by atoms with Crippen LogP contribution in [-0.2, 0) is 29.6 Å². The van der Waals surface area contributed by atoms with Crippen molar-refractivity contribution in [3.8, 4) is 0 Å². The van der Waals surface area contributed by atoms with E-state index < -0.39 is 0 Å². The van der Waals surface area contributed by atoms with Crippen LogP contribution < -0.4 is 0 Å². The second-order valence-electron chi connectivity index (χ2n) is 6.80. The average molecular weight is 332 g/mol. The van der Waals surface area contributed by atoms with Crippen molar-refractivity contribution in [2.75, 3.05) is 26.3 Å². The maximum absolute atomic E-state index is 6.44. The van der Waals surface area contributed by atoms with Crippen LogP contribution in [0.1, 0.15) is 18.7 Å². The summed E-state index contributed by atoms with van der Waals surface area (Å²) in [5.74, 6) is 1.07. The molecule has 2 aliphatic rings. The summed E-state index contributed by atoms with van der Waals surface area (Å²) in [5.41, 5.74) is -0.215. The Hall–Kier alpha value is -1.77. The predicted molar refractivity (Wildman–Crippen MR) is 86.2 cm³/mol. The molecule has 0 saturated carbocycles. The molecule has 4 rings (SSSR count). The molecule has 2 aromatic heterocycles. The van der Waals surface area contributed by atoms with Gasteiger partial charge in [-0.05, 0) is 12.8 Å². The van der Waals surface area contributed by atoms with Crippen LogP contribution in [0.3, 0.4) is 0 Å². The largest absolute Gasteiger partial charge is 0.377 e. The van der Waals surface area contributed by atoms with Crippen LogP contribution in [0.25, 0.3) is 0 Å². The van der Waals surface area contributed by atoms with Gasteiger partial charge in [0.05, 0.1) is 32.4 Å². The Kier molecular flexibility index (Phi) is 4.34. The third-order valence-corrected chi connectivity index (χ3v) is 4.91. The Labute approximate surface area is 141 Å². The van der Waals surface area contributed by atoms with Gasteiger partial charge in [-0.25, -0.2) is 9.97 Å². The zero-order valence-corrected chi connectivity index (χ0v) is 14.0. The number of nitrogens with zero attached hydrogens (tertiary/aromatic N) is 6. The zero-order valence-electron chi connectivity index (χ0n) is 14.0. The highest BCUT2D eigenvalue weighted by Gasteiger charge is 2.43. The third-order valence-electron chi connectivity index (χ3n) is 4.91. The molecule has 130 valence electrons. The summed E-state index contributed by atoms with van der Waals surface area (Å²) in [6.07, 6.45) is 9.35. The molecular weight excluding hydrogens is 308 g/mol. The third kappa shape index (κ3) is 3.35.